The van der Waals surface area contributed by atoms with Crippen LogP contribution in [0.4, 0.5) is 0 Å². The van der Waals surface area contributed by atoms with Gasteiger partial charge in [-0.05, 0) is 48.4 Å². The third-order valence-corrected chi connectivity index (χ3v) is 21.1. The third-order valence-electron chi connectivity index (χ3n) is 8.95. The lowest BCUT2D eigenvalue weighted by Gasteiger charge is -2.27. The molecule has 0 amide bonds. The average Bonchev–Trinajstić information content (AvgIpc) is 3.01. The zero-order valence-corrected chi connectivity index (χ0v) is 34.9. The molecule has 0 aromatic rings. The Morgan fingerprint density at radius 1 is 0.419 bits per heavy atom. The Hall–Kier alpha value is 1.40. The Morgan fingerprint density at radius 3 is 1.05 bits per heavy atom. The van der Waals surface area contributed by atoms with Gasteiger partial charge in [0.05, 0.1) is 17.6 Å². The van der Waals surface area contributed by atoms with Crippen LogP contribution in [0.15, 0.2) is 0 Å². The molecule has 0 aliphatic carbocycles. The summed E-state index contributed by atoms with van der Waals surface area (Å²) in [5.74, 6) is 2.56. The second-order valence-corrected chi connectivity index (χ2v) is 24.3. The van der Waals surface area contributed by atoms with Gasteiger partial charge in [0.1, 0.15) is 0 Å². The first-order valence-corrected chi connectivity index (χ1v) is 27.7. The lowest BCUT2D eigenvalue weighted by atomic mass is 10.3. The minimum Gasteiger partial charge on any atom is -0.382 e. The maximum atomic E-state index is 6.64. The Kier molecular flexibility index (Phi) is 37.4. The molecule has 43 heavy (non-hydrogen) atoms. The highest BCUT2D eigenvalue weighted by Crippen LogP contribution is 2.36. The number of ether oxygens (including phenoxy) is 2. The van der Waals surface area contributed by atoms with Crippen LogP contribution in [-0.2, 0) is 9.47 Å². The average molecular weight is 695 g/mol. The lowest BCUT2D eigenvalue weighted by molar-refractivity contribution is 0.0926. The Labute approximate surface area is 287 Å². The van der Waals surface area contributed by atoms with Gasteiger partial charge in [0.15, 0.2) is 0 Å². The first kappa shape index (κ1) is 44.4. The van der Waals surface area contributed by atoms with E-state index in [1.807, 2.05) is 0 Å². The highest BCUT2D eigenvalue weighted by molar-refractivity contribution is 9.09. The van der Waals surface area contributed by atoms with E-state index >= 15 is 0 Å². The smallest absolute Gasteiger partial charge is 0.0717 e. The van der Waals surface area contributed by atoms with Crippen LogP contribution in [0.25, 0.3) is 0 Å². The van der Waals surface area contributed by atoms with E-state index in [-0.39, 0.29) is 0 Å². The van der Waals surface area contributed by atoms with Crippen LogP contribution >= 0.6 is 31.4 Å². The summed E-state index contributed by atoms with van der Waals surface area (Å²) < 4.78 is 13.3. The molecule has 0 aromatic carbocycles. The summed E-state index contributed by atoms with van der Waals surface area (Å²) >= 11 is 0. The summed E-state index contributed by atoms with van der Waals surface area (Å²) in [6, 6.07) is 6.04. The van der Waals surface area contributed by atoms with E-state index in [1.165, 1.54) is 164 Å². The van der Waals surface area contributed by atoms with Gasteiger partial charge in [0.25, 0.3) is 0 Å². The Bertz CT molecular complexity index is 469. The molecule has 0 rings (SSSR count). The van der Waals surface area contributed by atoms with Gasteiger partial charge in [-0.2, -0.15) is 0 Å². The molecule has 0 aliphatic heterocycles. The SMILES string of the molecule is CCCCC[SiH](CCCCC)C(CCCSSSCCCC(OCCCC)[SiH](CCCCC)CCCCC)OCCCC. The number of rotatable bonds is 36. The minimum atomic E-state index is -0.830. The van der Waals surface area contributed by atoms with Crippen molar-refractivity contribution in [3.63, 3.8) is 0 Å². The fraction of sp³-hybridized carbons (Fsp3) is 1.00. The van der Waals surface area contributed by atoms with Gasteiger partial charge in [-0.1, -0.05) is 177 Å². The Balaban J connectivity index is 4.58. The van der Waals surface area contributed by atoms with Crippen LogP contribution in [-0.4, -0.2) is 53.8 Å². The second-order valence-electron chi connectivity index (χ2n) is 13.0. The summed E-state index contributed by atoms with van der Waals surface area (Å²) in [5.41, 5.74) is 1.24. The molecule has 0 bridgehead atoms. The molecule has 0 heterocycles. The number of hydrogen-bond acceptors (Lipinski definition) is 5. The van der Waals surface area contributed by atoms with Crippen molar-refractivity contribution in [3.8, 4) is 0 Å². The predicted octanol–water partition coefficient (Wildman–Crippen LogP) is 13.2. The molecule has 0 aliphatic rings. The molecule has 2 atom stereocenters. The quantitative estimate of drug-likeness (QED) is 0.0368. The molecule has 0 N–H and O–H groups in total. The maximum absolute atomic E-state index is 6.64. The molecule has 0 spiro atoms. The minimum absolute atomic E-state index is 0.620. The summed E-state index contributed by atoms with van der Waals surface area (Å²) in [6.07, 6.45) is 27.0. The predicted molar refractivity (Wildman–Crippen MR) is 212 cm³/mol. The van der Waals surface area contributed by atoms with Gasteiger partial charge in [-0.15, -0.1) is 0 Å². The molecule has 0 radical (unpaired) electrons. The molecule has 0 saturated heterocycles. The molecule has 0 fully saturated rings. The molecule has 7 heteroatoms. The summed E-state index contributed by atoms with van der Waals surface area (Å²) in [5, 5.41) is 0. The fourth-order valence-electron chi connectivity index (χ4n) is 6.12. The van der Waals surface area contributed by atoms with E-state index in [0.29, 0.717) is 11.5 Å². The van der Waals surface area contributed by atoms with Crippen LogP contribution in [0.1, 0.15) is 170 Å². The topological polar surface area (TPSA) is 18.5 Å². The zero-order valence-electron chi connectivity index (χ0n) is 30.1. The summed E-state index contributed by atoms with van der Waals surface area (Å²) in [7, 11) is 4.61. The monoisotopic (exact) mass is 694 g/mol. The van der Waals surface area contributed by atoms with E-state index in [1.54, 1.807) is 0 Å². The molecule has 260 valence electrons. The zero-order chi connectivity index (χ0) is 31.6. The molecular formula is C36H78O2S3Si2. The third kappa shape index (κ3) is 28.2. The van der Waals surface area contributed by atoms with Gasteiger partial charge in [-0.25, -0.2) is 0 Å². The molecule has 0 aromatic heterocycles. The van der Waals surface area contributed by atoms with Crippen LogP contribution in [0.5, 0.6) is 0 Å². The van der Waals surface area contributed by atoms with Crippen molar-refractivity contribution >= 4 is 49.0 Å². The van der Waals surface area contributed by atoms with E-state index in [2.05, 4.69) is 73.0 Å². The van der Waals surface area contributed by atoms with Gasteiger partial charge >= 0.3 is 0 Å². The lowest BCUT2D eigenvalue weighted by Crippen LogP contribution is -2.34. The molecular weight excluding hydrogens is 617 g/mol. The van der Waals surface area contributed by atoms with E-state index in [4.69, 9.17) is 9.47 Å². The van der Waals surface area contributed by atoms with Gasteiger partial charge in [-0.3, -0.25) is 0 Å². The Morgan fingerprint density at radius 2 is 0.744 bits per heavy atom. The van der Waals surface area contributed by atoms with Crippen molar-refractivity contribution in [2.24, 2.45) is 0 Å². The van der Waals surface area contributed by atoms with Gasteiger partial charge < -0.3 is 9.47 Å². The first-order valence-electron chi connectivity index (χ1n) is 19.3. The highest BCUT2D eigenvalue weighted by atomic mass is 33.5. The van der Waals surface area contributed by atoms with Crippen molar-refractivity contribution < 1.29 is 9.47 Å². The van der Waals surface area contributed by atoms with Gasteiger partial charge in [0, 0.05) is 36.2 Å². The standard InChI is InChI=1S/C36H78O2S3Si2/c1-7-13-19-31-42(32-20-14-8-2)35(37-27-17-11-5)25-23-29-39-41-40-30-24-26-36(38-28-18-12-6)43(33-21-15-9-3)34-22-16-10-4/h35-36,42-43H,7-34H2,1-6H3. The van der Waals surface area contributed by atoms with E-state index < -0.39 is 17.6 Å². The normalized spacial score (nSPS) is 13.4. The van der Waals surface area contributed by atoms with Crippen LogP contribution in [0, 0.1) is 0 Å². The number of hydrogen-bond donors (Lipinski definition) is 0. The van der Waals surface area contributed by atoms with Crippen LogP contribution in [0.2, 0.25) is 24.2 Å². The molecule has 2 unspecified atom stereocenters. The van der Waals surface area contributed by atoms with Crippen molar-refractivity contribution in [3.05, 3.63) is 0 Å². The maximum Gasteiger partial charge on any atom is 0.0717 e. The molecule has 0 saturated carbocycles. The summed E-state index contributed by atoms with van der Waals surface area (Å²) in [4.78, 5) is 0. The van der Waals surface area contributed by atoms with Gasteiger partial charge in [0.2, 0.25) is 0 Å². The fourth-order valence-corrected chi connectivity index (χ4v) is 17.6. The van der Waals surface area contributed by atoms with Crippen molar-refractivity contribution in [2.75, 3.05) is 24.7 Å². The largest absolute Gasteiger partial charge is 0.382 e. The second kappa shape index (κ2) is 36.2. The van der Waals surface area contributed by atoms with E-state index in [9.17, 15) is 0 Å². The van der Waals surface area contributed by atoms with Crippen molar-refractivity contribution in [1.29, 1.82) is 0 Å². The van der Waals surface area contributed by atoms with Crippen molar-refractivity contribution in [1.82, 2.24) is 0 Å². The number of unbranched alkanes of at least 4 members (excludes halogenated alkanes) is 10. The first-order chi connectivity index (χ1) is 21.2. The molecule has 2 nitrogen and oxygen atoms in total. The van der Waals surface area contributed by atoms with Crippen LogP contribution in [0.3, 0.4) is 0 Å². The van der Waals surface area contributed by atoms with Crippen LogP contribution < -0.4 is 0 Å². The highest BCUT2D eigenvalue weighted by Gasteiger charge is 2.24. The summed E-state index contributed by atoms with van der Waals surface area (Å²) in [6.45, 7) is 16.0. The van der Waals surface area contributed by atoms with Crippen molar-refractivity contribution in [2.45, 2.75) is 206 Å². The van der Waals surface area contributed by atoms with E-state index in [0.717, 1.165) is 13.2 Å².